The van der Waals surface area contributed by atoms with Crippen LogP contribution in [0.3, 0.4) is 0 Å². The molecule has 2 rings (SSSR count). The number of hydrogen-bond acceptors (Lipinski definition) is 5. The summed E-state index contributed by atoms with van der Waals surface area (Å²) in [6, 6.07) is 10.3. The molecule has 1 atom stereocenters. The Bertz CT molecular complexity index is 884. The first-order valence-corrected chi connectivity index (χ1v) is 12.1. The SMILES string of the molecule is CCS(=O)(=O)NC[C@H](c1cccs1)S(=O)(=O)c1ccc(C(C)C)cc1. The molecule has 0 fully saturated rings. The highest BCUT2D eigenvalue weighted by Crippen LogP contribution is 2.32. The molecule has 8 heteroatoms. The number of sulfonamides is 1. The van der Waals surface area contributed by atoms with Crippen molar-refractivity contribution >= 4 is 31.2 Å². The summed E-state index contributed by atoms with van der Waals surface area (Å²) in [5.74, 6) is 0.217. The van der Waals surface area contributed by atoms with Crippen molar-refractivity contribution in [3.63, 3.8) is 0 Å². The zero-order valence-electron chi connectivity index (χ0n) is 14.5. The molecule has 1 N–H and O–H groups in total. The molecular weight excluding hydrogens is 378 g/mol. The molecule has 0 aliphatic heterocycles. The van der Waals surface area contributed by atoms with Gasteiger partial charge >= 0.3 is 0 Å². The van der Waals surface area contributed by atoms with Gasteiger partial charge in [-0.3, -0.25) is 0 Å². The number of nitrogens with one attached hydrogen (secondary N) is 1. The average molecular weight is 402 g/mol. The molecule has 0 unspecified atom stereocenters. The third-order valence-corrected chi connectivity index (χ3v) is 8.58. The molecule has 0 aliphatic rings. The van der Waals surface area contributed by atoms with Gasteiger partial charge < -0.3 is 0 Å². The van der Waals surface area contributed by atoms with Gasteiger partial charge in [0.05, 0.1) is 10.6 Å². The van der Waals surface area contributed by atoms with Crippen LogP contribution in [0, 0.1) is 0 Å². The maximum absolute atomic E-state index is 13.1. The van der Waals surface area contributed by atoms with Crippen molar-refractivity contribution in [3.05, 3.63) is 52.2 Å². The van der Waals surface area contributed by atoms with Crippen LogP contribution in [-0.4, -0.2) is 29.1 Å². The lowest BCUT2D eigenvalue weighted by Gasteiger charge is -2.18. The molecule has 0 radical (unpaired) electrons. The predicted octanol–water partition coefficient (Wildman–Crippen LogP) is 3.33. The molecule has 1 aromatic carbocycles. The van der Waals surface area contributed by atoms with E-state index >= 15 is 0 Å². The summed E-state index contributed by atoms with van der Waals surface area (Å²) in [4.78, 5) is 0.817. The molecule has 0 amide bonds. The lowest BCUT2D eigenvalue weighted by atomic mass is 10.0. The normalized spacial score (nSPS) is 13.9. The molecule has 5 nitrogen and oxygen atoms in total. The first-order valence-electron chi connectivity index (χ1n) is 8.02. The molecule has 1 heterocycles. The van der Waals surface area contributed by atoms with Crippen molar-refractivity contribution in [2.75, 3.05) is 12.3 Å². The van der Waals surface area contributed by atoms with Crippen molar-refractivity contribution in [3.8, 4) is 0 Å². The maximum Gasteiger partial charge on any atom is 0.211 e. The fourth-order valence-electron chi connectivity index (χ4n) is 2.35. The van der Waals surface area contributed by atoms with Crippen LogP contribution in [0.2, 0.25) is 0 Å². The predicted molar refractivity (Wildman–Crippen MR) is 102 cm³/mol. The van der Waals surface area contributed by atoms with Crippen molar-refractivity contribution in [2.45, 2.75) is 36.8 Å². The molecule has 1 aromatic heterocycles. The highest BCUT2D eigenvalue weighted by molar-refractivity contribution is 7.92. The summed E-state index contributed by atoms with van der Waals surface area (Å²) >= 11 is 1.30. The van der Waals surface area contributed by atoms with E-state index in [-0.39, 0.29) is 17.2 Å². The Kier molecular flexibility index (Phi) is 6.42. The minimum absolute atomic E-state index is 0.0900. The fraction of sp³-hybridized carbons (Fsp3) is 0.412. The number of hydrogen-bond donors (Lipinski definition) is 1. The third kappa shape index (κ3) is 4.91. The molecule has 0 spiro atoms. The quantitative estimate of drug-likeness (QED) is 0.736. The zero-order valence-corrected chi connectivity index (χ0v) is 16.9. The van der Waals surface area contributed by atoms with Crippen LogP contribution < -0.4 is 4.72 Å². The average Bonchev–Trinajstić information content (AvgIpc) is 3.09. The lowest BCUT2D eigenvalue weighted by Crippen LogP contribution is -2.32. The monoisotopic (exact) mass is 401 g/mol. The van der Waals surface area contributed by atoms with Crippen LogP contribution in [0.25, 0.3) is 0 Å². The molecular formula is C17H23NO4S3. The Balaban J connectivity index is 2.38. The van der Waals surface area contributed by atoms with Gasteiger partial charge in [-0.25, -0.2) is 21.6 Å². The maximum atomic E-state index is 13.1. The van der Waals surface area contributed by atoms with E-state index < -0.39 is 25.1 Å². The number of sulfone groups is 1. The number of rotatable bonds is 8. The van der Waals surface area contributed by atoms with E-state index in [1.54, 1.807) is 41.8 Å². The van der Waals surface area contributed by atoms with Gasteiger partial charge in [-0.2, -0.15) is 0 Å². The van der Waals surface area contributed by atoms with E-state index in [9.17, 15) is 16.8 Å². The van der Waals surface area contributed by atoms with E-state index in [2.05, 4.69) is 4.72 Å². The first kappa shape index (κ1) is 20.1. The van der Waals surface area contributed by atoms with Crippen molar-refractivity contribution < 1.29 is 16.8 Å². The van der Waals surface area contributed by atoms with Gasteiger partial charge in [-0.15, -0.1) is 11.3 Å². The Morgan fingerprint density at radius 3 is 2.16 bits per heavy atom. The number of thiophene rings is 1. The Morgan fingerprint density at radius 1 is 1.04 bits per heavy atom. The van der Waals surface area contributed by atoms with Crippen molar-refractivity contribution in [1.82, 2.24) is 4.72 Å². The molecule has 0 aliphatic carbocycles. The van der Waals surface area contributed by atoms with E-state index in [4.69, 9.17) is 0 Å². The smallest absolute Gasteiger partial charge is 0.211 e. The van der Waals surface area contributed by atoms with E-state index in [1.807, 2.05) is 13.8 Å². The van der Waals surface area contributed by atoms with Crippen LogP contribution >= 0.6 is 11.3 Å². The zero-order chi connectivity index (χ0) is 18.7. The minimum atomic E-state index is -3.71. The lowest BCUT2D eigenvalue weighted by molar-refractivity contribution is 0.570. The van der Waals surface area contributed by atoms with E-state index in [1.165, 1.54) is 18.3 Å². The molecule has 2 aromatic rings. The van der Waals surface area contributed by atoms with Crippen molar-refractivity contribution in [1.29, 1.82) is 0 Å². The van der Waals surface area contributed by atoms with Gasteiger partial charge in [0.25, 0.3) is 0 Å². The minimum Gasteiger partial charge on any atom is -0.223 e. The van der Waals surface area contributed by atoms with Crippen LogP contribution in [0.4, 0.5) is 0 Å². The van der Waals surface area contributed by atoms with Crippen LogP contribution in [-0.2, 0) is 19.9 Å². The van der Waals surface area contributed by atoms with Gasteiger partial charge in [0.15, 0.2) is 9.84 Å². The van der Waals surface area contributed by atoms with Crippen LogP contribution in [0.15, 0.2) is 46.7 Å². The summed E-state index contributed by atoms with van der Waals surface area (Å²) in [6.45, 7) is 5.42. The summed E-state index contributed by atoms with van der Waals surface area (Å²) in [5.41, 5.74) is 1.05. The second kappa shape index (κ2) is 7.99. The highest BCUT2D eigenvalue weighted by atomic mass is 32.2. The Hall–Kier alpha value is -1.22. The Morgan fingerprint density at radius 2 is 1.68 bits per heavy atom. The summed E-state index contributed by atoms with van der Waals surface area (Å²) < 4.78 is 52.1. The van der Waals surface area contributed by atoms with Gasteiger partial charge in [0.1, 0.15) is 5.25 Å². The highest BCUT2D eigenvalue weighted by Gasteiger charge is 2.31. The largest absolute Gasteiger partial charge is 0.223 e. The molecule has 25 heavy (non-hydrogen) atoms. The molecule has 0 saturated heterocycles. The standard InChI is InChI=1S/C17H23NO4S3/c1-4-24(19,20)18-12-17(16-6-5-11-23-16)25(21,22)15-9-7-14(8-10-15)13(2)3/h5-11,13,17-18H,4,12H2,1-3H3/t17-/m1/s1. The second-order valence-electron chi connectivity index (χ2n) is 6.02. The van der Waals surface area contributed by atoms with Gasteiger partial charge in [-0.1, -0.05) is 32.0 Å². The molecule has 0 saturated carbocycles. The number of benzene rings is 1. The van der Waals surface area contributed by atoms with Crippen molar-refractivity contribution in [2.24, 2.45) is 0 Å². The molecule has 0 bridgehead atoms. The van der Waals surface area contributed by atoms with Crippen LogP contribution in [0.5, 0.6) is 0 Å². The summed E-state index contributed by atoms with van der Waals surface area (Å²) in [7, 11) is -7.19. The Labute approximate surface area is 154 Å². The van der Waals surface area contributed by atoms with Gasteiger partial charge in [-0.05, 0) is 42.0 Å². The third-order valence-electron chi connectivity index (χ3n) is 3.98. The van der Waals surface area contributed by atoms with E-state index in [0.29, 0.717) is 10.8 Å². The summed E-state index contributed by atoms with van der Waals surface area (Å²) in [5, 5.41) is 0.840. The van der Waals surface area contributed by atoms with Crippen LogP contribution in [0.1, 0.15) is 42.4 Å². The van der Waals surface area contributed by atoms with Gasteiger partial charge in [0, 0.05) is 11.4 Å². The molecule has 138 valence electrons. The van der Waals surface area contributed by atoms with E-state index in [0.717, 1.165) is 5.56 Å². The second-order valence-corrected chi connectivity index (χ2v) is 11.2. The first-order chi connectivity index (χ1) is 11.7. The fourth-order valence-corrected chi connectivity index (χ4v) is 5.86. The topological polar surface area (TPSA) is 80.3 Å². The summed E-state index contributed by atoms with van der Waals surface area (Å²) in [6.07, 6.45) is 0. The van der Waals surface area contributed by atoms with Gasteiger partial charge in [0.2, 0.25) is 10.0 Å².